The Morgan fingerprint density at radius 2 is 1.86 bits per heavy atom. The van der Waals surface area contributed by atoms with Crippen LogP contribution in [0.15, 0.2) is 61.4 Å². The zero-order valence-corrected chi connectivity index (χ0v) is 29.3. The van der Waals surface area contributed by atoms with Crippen molar-refractivity contribution in [1.82, 2.24) is 14.9 Å². The minimum atomic E-state index is -0.364. The van der Waals surface area contributed by atoms with Crippen molar-refractivity contribution in [3.05, 3.63) is 72.6 Å². The standard InChI is InChI=1S/C37H47N7O6/c1-6-36(45)41-29-19-30(33(47-5)20-32(29)42-13-10-28(11-14-42)43-15-17-48-25(4)22-43)40-34-21-35(39-23-38-34)44-31(12-16-49-44)26-8-7-9-27(18-26)37(46)50-24(2)3/h6-9,18-21,23-25,28,31H,1,10-17,22H2,2-5H3,(H,41,45)(H,38,39,40)/t25-,31+/m0/s1. The second-order valence-corrected chi connectivity index (χ2v) is 13.1. The Hall–Kier alpha value is -4.72. The minimum absolute atomic E-state index is 0.171. The Morgan fingerprint density at radius 1 is 1.04 bits per heavy atom. The fourth-order valence-corrected chi connectivity index (χ4v) is 6.86. The molecular weight excluding hydrogens is 638 g/mol. The van der Waals surface area contributed by atoms with Gasteiger partial charge < -0.3 is 29.7 Å². The summed E-state index contributed by atoms with van der Waals surface area (Å²) in [5.74, 6) is 0.986. The third kappa shape index (κ3) is 8.18. The first kappa shape index (κ1) is 35.1. The van der Waals surface area contributed by atoms with Gasteiger partial charge in [-0.25, -0.2) is 19.8 Å². The molecule has 6 rings (SSSR count). The smallest absolute Gasteiger partial charge is 0.338 e. The van der Waals surface area contributed by atoms with Crippen molar-refractivity contribution in [3.63, 3.8) is 0 Å². The van der Waals surface area contributed by atoms with Crippen molar-refractivity contribution in [2.45, 2.75) is 64.3 Å². The number of amides is 1. The molecule has 2 aromatic carbocycles. The lowest BCUT2D eigenvalue weighted by atomic mass is 10.0. The van der Waals surface area contributed by atoms with Crippen LogP contribution >= 0.6 is 0 Å². The van der Waals surface area contributed by atoms with Crippen LogP contribution in [0.1, 0.15) is 62.0 Å². The Balaban J connectivity index is 1.21. The second kappa shape index (κ2) is 15.9. The van der Waals surface area contributed by atoms with E-state index in [2.05, 4.69) is 43.9 Å². The molecule has 13 heteroatoms. The summed E-state index contributed by atoms with van der Waals surface area (Å²) in [6.45, 7) is 14.3. The molecule has 0 saturated carbocycles. The average molecular weight is 686 g/mol. The number of carbonyl (C=O) groups is 2. The van der Waals surface area contributed by atoms with Crippen molar-refractivity contribution >= 4 is 40.6 Å². The van der Waals surface area contributed by atoms with Crippen LogP contribution in [0.4, 0.5) is 28.7 Å². The molecule has 3 saturated heterocycles. The van der Waals surface area contributed by atoms with E-state index in [0.717, 1.165) is 56.9 Å². The maximum atomic E-state index is 12.6. The highest BCUT2D eigenvalue weighted by molar-refractivity contribution is 6.02. The van der Waals surface area contributed by atoms with E-state index >= 15 is 0 Å². The van der Waals surface area contributed by atoms with Gasteiger partial charge in [-0.15, -0.1) is 0 Å². The van der Waals surface area contributed by atoms with E-state index in [4.69, 9.17) is 19.0 Å². The summed E-state index contributed by atoms with van der Waals surface area (Å²) in [7, 11) is 1.62. The summed E-state index contributed by atoms with van der Waals surface area (Å²) < 4.78 is 17.0. The molecule has 3 aromatic rings. The number of anilines is 5. The van der Waals surface area contributed by atoms with E-state index in [-0.39, 0.29) is 30.1 Å². The topological polar surface area (TPSA) is 131 Å². The Kier molecular flexibility index (Phi) is 11.2. The predicted molar refractivity (Wildman–Crippen MR) is 192 cm³/mol. The Labute approximate surface area is 293 Å². The van der Waals surface area contributed by atoms with Crippen LogP contribution < -0.4 is 25.3 Å². The Bertz CT molecular complexity index is 1680. The number of methoxy groups -OCH3 is 1. The van der Waals surface area contributed by atoms with E-state index in [9.17, 15) is 9.59 Å². The van der Waals surface area contributed by atoms with Crippen LogP contribution in [0.3, 0.4) is 0 Å². The van der Waals surface area contributed by atoms with Gasteiger partial charge in [0.25, 0.3) is 0 Å². The molecule has 1 amide bonds. The number of esters is 1. The van der Waals surface area contributed by atoms with Crippen molar-refractivity contribution in [1.29, 1.82) is 0 Å². The van der Waals surface area contributed by atoms with Crippen LogP contribution in [0, 0.1) is 0 Å². The first-order valence-corrected chi connectivity index (χ1v) is 17.3. The summed E-state index contributed by atoms with van der Waals surface area (Å²) in [5, 5.41) is 8.12. The molecule has 13 nitrogen and oxygen atoms in total. The number of hydroxylamine groups is 1. The number of nitrogens with zero attached hydrogens (tertiary/aromatic N) is 5. The zero-order chi connectivity index (χ0) is 35.2. The molecule has 0 spiro atoms. The number of nitrogens with one attached hydrogen (secondary N) is 2. The number of morpholine rings is 1. The molecule has 0 unspecified atom stereocenters. The van der Waals surface area contributed by atoms with Gasteiger partial charge in [0.1, 0.15) is 17.9 Å². The normalized spacial score (nSPS) is 20.1. The largest absolute Gasteiger partial charge is 0.494 e. The molecular formula is C37H47N7O6. The zero-order valence-electron chi connectivity index (χ0n) is 29.3. The van der Waals surface area contributed by atoms with Gasteiger partial charge >= 0.3 is 5.97 Å². The fraction of sp³-hybridized carbons (Fsp3) is 0.459. The molecule has 266 valence electrons. The van der Waals surface area contributed by atoms with Gasteiger partial charge in [0.05, 0.1) is 61.2 Å². The molecule has 3 aliphatic rings. The van der Waals surface area contributed by atoms with Crippen molar-refractivity contribution < 1.29 is 28.6 Å². The van der Waals surface area contributed by atoms with Gasteiger partial charge in [-0.1, -0.05) is 18.7 Å². The quantitative estimate of drug-likeness (QED) is 0.196. The first-order valence-electron chi connectivity index (χ1n) is 17.3. The van der Waals surface area contributed by atoms with Crippen molar-refractivity contribution in [3.8, 4) is 5.75 Å². The molecule has 3 aliphatic heterocycles. The maximum absolute atomic E-state index is 12.6. The Morgan fingerprint density at radius 3 is 2.60 bits per heavy atom. The first-order chi connectivity index (χ1) is 24.2. The molecule has 1 aromatic heterocycles. The number of piperidine rings is 1. The molecule has 3 fully saturated rings. The van der Waals surface area contributed by atoms with Crippen LogP contribution in [0.2, 0.25) is 0 Å². The minimum Gasteiger partial charge on any atom is -0.494 e. The van der Waals surface area contributed by atoms with Gasteiger partial charge in [0.15, 0.2) is 5.82 Å². The second-order valence-electron chi connectivity index (χ2n) is 13.1. The molecule has 2 atom stereocenters. The van der Waals surface area contributed by atoms with Crippen molar-refractivity contribution in [2.75, 3.05) is 67.1 Å². The van der Waals surface area contributed by atoms with E-state index in [1.165, 1.54) is 12.4 Å². The van der Waals surface area contributed by atoms with Gasteiger partial charge in [-0.3, -0.25) is 14.5 Å². The molecule has 4 heterocycles. The van der Waals surface area contributed by atoms with Crippen LogP contribution in [-0.4, -0.2) is 91.5 Å². The summed E-state index contributed by atoms with van der Waals surface area (Å²) in [6.07, 6.45) is 5.50. The monoisotopic (exact) mass is 685 g/mol. The van der Waals surface area contributed by atoms with Gasteiger partial charge in [0.2, 0.25) is 5.91 Å². The number of aromatic nitrogens is 2. The maximum Gasteiger partial charge on any atom is 0.338 e. The molecule has 0 bridgehead atoms. The van der Waals surface area contributed by atoms with Crippen LogP contribution in [0.25, 0.3) is 0 Å². The van der Waals surface area contributed by atoms with Crippen molar-refractivity contribution in [2.24, 2.45) is 0 Å². The lowest BCUT2D eigenvalue weighted by Gasteiger charge is -2.42. The van der Waals surface area contributed by atoms with Gasteiger partial charge in [-0.05, 0) is 63.5 Å². The summed E-state index contributed by atoms with van der Waals surface area (Å²) in [4.78, 5) is 45.0. The third-order valence-electron chi connectivity index (χ3n) is 9.25. The number of ether oxygens (including phenoxy) is 3. The number of carbonyl (C=O) groups excluding carboxylic acids is 2. The summed E-state index contributed by atoms with van der Waals surface area (Å²) in [5.41, 5.74) is 3.54. The highest BCUT2D eigenvalue weighted by Crippen LogP contribution is 2.41. The predicted octanol–water partition coefficient (Wildman–Crippen LogP) is 5.49. The van der Waals surface area contributed by atoms with E-state index in [1.54, 1.807) is 24.3 Å². The lowest BCUT2D eigenvalue weighted by molar-refractivity contribution is -0.111. The number of hydrogen-bond donors (Lipinski definition) is 2. The number of hydrogen-bond acceptors (Lipinski definition) is 12. The third-order valence-corrected chi connectivity index (χ3v) is 9.25. The van der Waals surface area contributed by atoms with E-state index < -0.39 is 0 Å². The van der Waals surface area contributed by atoms with Gasteiger partial charge in [0, 0.05) is 50.8 Å². The average Bonchev–Trinajstić information content (AvgIpc) is 3.62. The summed E-state index contributed by atoms with van der Waals surface area (Å²) in [6, 6.07) is 13.4. The number of rotatable bonds is 11. The van der Waals surface area contributed by atoms with E-state index in [1.807, 2.05) is 44.2 Å². The molecule has 0 aliphatic carbocycles. The van der Waals surface area contributed by atoms with E-state index in [0.29, 0.717) is 53.4 Å². The molecule has 50 heavy (non-hydrogen) atoms. The van der Waals surface area contributed by atoms with Gasteiger partial charge in [-0.2, -0.15) is 0 Å². The number of benzene rings is 2. The van der Waals surface area contributed by atoms with Crippen LogP contribution in [-0.2, 0) is 19.1 Å². The SMILES string of the molecule is C=CC(=O)Nc1cc(Nc2cc(N3OCC[C@@H]3c3cccc(C(=O)OC(C)C)c3)ncn2)c(OC)cc1N1CCC(N2CCO[C@@H](C)C2)CC1. The fourth-order valence-electron chi connectivity index (χ4n) is 6.86. The molecule has 0 radical (unpaired) electrons. The highest BCUT2D eigenvalue weighted by atomic mass is 16.7. The summed E-state index contributed by atoms with van der Waals surface area (Å²) >= 11 is 0. The highest BCUT2D eigenvalue weighted by Gasteiger charge is 2.31. The molecule has 2 N–H and O–H groups in total. The van der Waals surface area contributed by atoms with Crippen LogP contribution in [0.5, 0.6) is 5.75 Å². The lowest BCUT2D eigenvalue weighted by Crippen LogP contribution is -2.51.